The number of phenolic OH excluding ortho intramolecular Hbond substituents is 1. The van der Waals surface area contributed by atoms with Crippen molar-refractivity contribution in [2.75, 3.05) is 13.6 Å². The fourth-order valence-electron chi connectivity index (χ4n) is 6.51. The van der Waals surface area contributed by atoms with Gasteiger partial charge in [0.15, 0.2) is 36.1 Å². The van der Waals surface area contributed by atoms with Gasteiger partial charge in [0, 0.05) is 24.4 Å². The Morgan fingerprint density at radius 2 is 1.97 bits per heavy atom. The second kappa shape index (κ2) is 9.20. The van der Waals surface area contributed by atoms with Gasteiger partial charge in [-0.1, -0.05) is 6.07 Å². The van der Waals surface area contributed by atoms with Crippen LogP contribution in [0.2, 0.25) is 0 Å². The van der Waals surface area contributed by atoms with Crippen LogP contribution in [0.3, 0.4) is 0 Å². The van der Waals surface area contributed by atoms with Gasteiger partial charge in [0.05, 0.1) is 17.4 Å². The Bertz CT molecular complexity index is 1210. The average Bonchev–Trinajstić information content (AvgIpc) is 3.20. The van der Waals surface area contributed by atoms with Gasteiger partial charge in [-0.15, -0.1) is 0 Å². The number of likely N-dealkylation sites (tertiary alicyclic amines) is 1. The van der Waals surface area contributed by atoms with E-state index in [1.165, 1.54) is 12.1 Å². The van der Waals surface area contributed by atoms with E-state index in [9.17, 15) is 34.8 Å². The second-order valence-electron chi connectivity index (χ2n) is 10.3. The van der Waals surface area contributed by atoms with Crippen LogP contribution in [0.15, 0.2) is 24.0 Å². The number of phenols is 1. The molecule has 0 saturated carbocycles. The Labute approximate surface area is 216 Å². The van der Waals surface area contributed by atoms with E-state index in [1.807, 2.05) is 7.05 Å². The van der Waals surface area contributed by atoms with Crippen molar-refractivity contribution in [1.29, 1.82) is 0 Å². The number of aliphatic hydroxyl groups excluding tert-OH is 2. The van der Waals surface area contributed by atoms with Crippen LogP contribution in [-0.4, -0.2) is 103 Å². The molecular weight excluding hydrogens is 506 g/mol. The van der Waals surface area contributed by atoms with Gasteiger partial charge in [-0.25, -0.2) is 9.59 Å². The Morgan fingerprint density at radius 1 is 1.24 bits per heavy atom. The van der Waals surface area contributed by atoms with E-state index in [0.717, 1.165) is 5.56 Å². The Balaban J connectivity index is 1.36. The van der Waals surface area contributed by atoms with Crippen LogP contribution in [0.5, 0.6) is 11.5 Å². The van der Waals surface area contributed by atoms with E-state index in [2.05, 4.69) is 4.90 Å². The van der Waals surface area contributed by atoms with Crippen molar-refractivity contribution in [2.45, 2.75) is 73.8 Å². The highest BCUT2D eigenvalue weighted by molar-refractivity contribution is 5.79. The lowest BCUT2D eigenvalue weighted by Gasteiger charge is -2.61. The number of hydrogen-bond donors (Lipinski definition) is 6. The number of aromatic hydroxyl groups is 1. The number of carboxylic acid groups (broad SMARTS) is 2. The lowest BCUT2D eigenvalue weighted by molar-refractivity contribution is -0.189. The number of aliphatic hydroxyl groups is 3. The first-order valence-corrected chi connectivity index (χ1v) is 12.2. The van der Waals surface area contributed by atoms with Crippen LogP contribution in [0.1, 0.15) is 36.8 Å². The third-order valence-electron chi connectivity index (χ3n) is 8.23. The van der Waals surface area contributed by atoms with E-state index >= 15 is 0 Å². The number of ether oxygens (including phenoxy) is 3. The van der Waals surface area contributed by atoms with E-state index in [1.54, 1.807) is 6.07 Å². The molecule has 13 nitrogen and oxygen atoms in total. The standard InChI is InChI=1S/C25H29NO12/c1-26-7-6-24-19-11-2-3-12(27)20(19)38-21(24)14(4-5-25(24,35)16(26)8-11)37-23(34)13(28)9-18(31)36-15(22(32)33)10-17(29)30/h2-4,13,15-16,18,21,27-28,31,35H,5-10H2,1H3,(H,29,30)(H,32,33)/t13-,15-,16+,18?,21-,24-,25+/m0/s1. The zero-order valence-corrected chi connectivity index (χ0v) is 20.4. The molecule has 2 bridgehead atoms. The molecule has 0 amide bonds. The number of nitrogens with zero attached hydrogens (tertiary/aromatic N) is 1. The smallest absolute Gasteiger partial charge is 0.340 e. The maximum atomic E-state index is 12.8. The first-order chi connectivity index (χ1) is 17.9. The first kappa shape index (κ1) is 26.4. The van der Waals surface area contributed by atoms with Crippen LogP contribution in [-0.2, 0) is 35.7 Å². The summed E-state index contributed by atoms with van der Waals surface area (Å²) in [6.45, 7) is 0.621. The number of carbonyl (C=O) groups is 3. The molecule has 0 radical (unpaired) electrons. The van der Waals surface area contributed by atoms with Crippen molar-refractivity contribution >= 4 is 17.9 Å². The summed E-state index contributed by atoms with van der Waals surface area (Å²) in [7, 11) is 1.93. The molecule has 2 heterocycles. The third kappa shape index (κ3) is 3.84. The average molecular weight is 536 g/mol. The van der Waals surface area contributed by atoms with Gasteiger partial charge in [0.1, 0.15) is 5.76 Å². The minimum absolute atomic E-state index is 0.0372. The molecule has 1 aromatic carbocycles. The number of carboxylic acids is 2. The zero-order valence-electron chi connectivity index (χ0n) is 20.4. The van der Waals surface area contributed by atoms with Crippen molar-refractivity contribution in [1.82, 2.24) is 4.90 Å². The summed E-state index contributed by atoms with van der Waals surface area (Å²) in [5.74, 6) is -4.14. The predicted molar refractivity (Wildman–Crippen MR) is 124 cm³/mol. The van der Waals surface area contributed by atoms with Gasteiger partial charge < -0.3 is 49.7 Å². The largest absolute Gasteiger partial charge is 0.504 e. The van der Waals surface area contributed by atoms with Crippen molar-refractivity contribution < 1.29 is 59.2 Å². The van der Waals surface area contributed by atoms with Crippen LogP contribution in [0, 0.1) is 0 Å². The number of likely N-dealkylation sites (N-methyl/N-ethyl adjacent to an activating group) is 1. The molecule has 2 aliphatic carbocycles. The quantitative estimate of drug-likeness (QED) is 0.170. The predicted octanol–water partition coefficient (Wildman–Crippen LogP) is -0.773. The lowest BCUT2D eigenvalue weighted by atomic mass is 9.50. The van der Waals surface area contributed by atoms with Crippen LogP contribution >= 0.6 is 0 Å². The fourth-order valence-corrected chi connectivity index (χ4v) is 6.51. The lowest BCUT2D eigenvalue weighted by Crippen LogP contribution is -2.74. The van der Waals surface area contributed by atoms with Gasteiger partial charge in [-0.3, -0.25) is 4.79 Å². The van der Waals surface area contributed by atoms with Crippen LogP contribution in [0.25, 0.3) is 0 Å². The Kier molecular flexibility index (Phi) is 6.39. The summed E-state index contributed by atoms with van der Waals surface area (Å²) in [5.41, 5.74) is -0.664. The number of benzene rings is 1. The fraction of sp³-hybridized carbons (Fsp3) is 0.560. The third-order valence-corrected chi connectivity index (χ3v) is 8.23. The topological polar surface area (TPSA) is 204 Å². The molecule has 206 valence electrons. The SMILES string of the molecule is CN1CC[C@]23c4c5ccc(O)c4O[C@H]2C(OC(=O)[C@@H](O)CC(O)O[C@@H](CC(=O)O)C(=O)O)=CC[C@@]3(O)[C@H]1C5. The zero-order chi connectivity index (χ0) is 27.6. The molecule has 1 spiro atoms. The highest BCUT2D eigenvalue weighted by Gasteiger charge is 2.72. The molecule has 6 N–H and O–H groups in total. The molecular formula is C25H29NO12. The summed E-state index contributed by atoms with van der Waals surface area (Å²) in [6.07, 6.45) is -5.85. The van der Waals surface area contributed by atoms with Crippen molar-refractivity contribution in [3.8, 4) is 11.5 Å². The van der Waals surface area contributed by atoms with Gasteiger partial charge in [0.25, 0.3) is 0 Å². The maximum Gasteiger partial charge on any atom is 0.340 e. The van der Waals surface area contributed by atoms with E-state index in [0.29, 0.717) is 24.9 Å². The number of esters is 1. The Hall–Kier alpha value is -3.23. The number of aliphatic carboxylic acids is 2. The molecule has 1 saturated heterocycles. The van der Waals surface area contributed by atoms with E-state index < -0.39 is 66.4 Å². The molecule has 38 heavy (non-hydrogen) atoms. The molecule has 13 heteroatoms. The minimum Gasteiger partial charge on any atom is -0.504 e. The molecule has 7 atom stereocenters. The molecule has 1 aromatic rings. The summed E-state index contributed by atoms with van der Waals surface area (Å²) < 4.78 is 16.4. The summed E-state index contributed by atoms with van der Waals surface area (Å²) in [6, 6.07) is 3.08. The first-order valence-electron chi connectivity index (χ1n) is 12.2. The summed E-state index contributed by atoms with van der Waals surface area (Å²) in [5, 5.41) is 60.8. The van der Waals surface area contributed by atoms with Gasteiger partial charge >= 0.3 is 17.9 Å². The molecule has 1 unspecified atom stereocenters. The number of carbonyl (C=O) groups excluding carboxylic acids is 1. The molecule has 0 aromatic heterocycles. The molecule has 4 aliphatic rings. The van der Waals surface area contributed by atoms with Crippen LogP contribution < -0.4 is 4.74 Å². The molecule has 1 fully saturated rings. The molecule has 5 rings (SSSR count). The number of hydrogen-bond acceptors (Lipinski definition) is 11. The summed E-state index contributed by atoms with van der Waals surface area (Å²) in [4.78, 5) is 36.8. The van der Waals surface area contributed by atoms with E-state index in [-0.39, 0.29) is 29.7 Å². The highest BCUT2D eigenvalue weighted by atomic mass is 16.6. The summed E-state index contributed by atoms with van der Waals surface area (Å²) >= 11 is 0. The van der Waals surface area contributed by atoms with Crippen molar-refractivity contribution in [3.63, 3.8) is 0 Å². The number of piperidine rings is 1. The maximum absolute atomic E-state index is 12.8. The normalized spacial score (nSPS) is 31.3. The van der Waals surface area contributed by atoms with E-state index in [4.69, 9.17) is 24.4 Å². The minimum atomic E-state index is -1.97. The monoisotopic (exact) mass is 535 g/mol. The van der Waals surface area contributed by atoms with Gasteiger partial charge in [-0.05, 0) is 44.1 Å². The number of rotatable bonds is 9. The van der Waals surface area contributed by atoms with Crippen LogP contribution in [0.4, 0.5) is 0 Å². The second-order valence-corrected chi connectivity index (χ2v) is 10.3. The van der Waals surface area contributed by atoms with Gasteiger partial charge in [-0.2, -0.15) is 0 Å². The Morgan fingerprint density at radius 3 is 2.66 bits per heavy atom. The highest BCUT2D eigenvalue weighted by Crippen LogP contribution is 2.65. The van der Waals surface area contributed by atoms with Crippen molar-refractivity contribution in [3.05, 3.63) is 35.1 Å². The molecule has 2 aliphatic heterocycles. The van der Waals surface area contributed by atoms with Crippen molar-refractivity contribution in [2.24, 2.45) is 0 Å². The van der Waals surface area contributed by atoms with Gasteiger partial charge in [0.2, 0.25) is 0 Å².